The van der Waals surface area contributed by atoms with Crippen LogP contribution in [-0.4, -0.2) is 45.3 Å². The summed E-state index contributed by atoms with van der Waals surface area (Å²) in [6, 6.07) is 10.2. The number of rotatable bonds is 4. The number of aliphatic imine (C=N–C) groups is 1. The molecule has 6 nitrogen and oxygen atoms in total. The largest absolute Gasteiger partial charge is 0.357 e. The molecule has 1 aromatic heterocycles. The molecule has 1 N–H and O–H groups in total. The summed E-state index contributed by atoms with van der Waals surface area (Å²) in [5.41, 5.74) is 1.64. The molecular formula is C19H27IN6. The van der Waals surface area contributed by atoms with E-state index in [0.29, 0.717) is 12.0 Å². The Morgan fingerprint density at radius 1 is 1.23 bits per heavy atom. The molecular weight excluding hydrogens is 439 g/mol. The van der Waals surface area contributed by atoms with Crippen LogP contribution >= 0.6 is 24.0 Å². The predicted molar refractivity (Wildman–Crippen MR) is 114 cm³/mol. The van der Waals surface area contributed by atoms with Crippen molar-refractivity contribution in [1.29, 1.82) is 0 Å². The van der Waals surface area contributed by atoms with Gasteiger partial charge in [0, 0.05) is 25.3 Å². The molecule has 4 rings (SSSR count). The zero-order chi connectivity index (χ0) is 17.1. The molecule has 0 amide bonds. The number of halogens is 1. The number of para-hydroxylation sites is 1. The van der Waals surface area contributed by atoms with Gasteiger partial charge in [0.15, 0.2) is 11.8 Å². The van der Waals surface area contributed by atoms with Gasteiger partial charge in [0.1, 0.15) is 12.9 Å². The standard InChI is InChI=1S/C19H26N6.HI/c1-2-20-18(24-12-11-19(14-24)9-6-10-19)21-13-17-23-22-15-25(17)16-7-4-3-5-8-16;/h3-5,7-8,15H,2,6,9-14H2,1H3,(H,20,21);1H. The number of aromatic nitrogens is 3. The highest BCUT2D eigenvalue weighted by molar-refractivity contribution is 14.0. The Balaban J connectivity index is 0.00000196. The zero-order valence-electron chi connectivity index (χ0n) is 15.3. The maximum Gasteiger partial charge on any atom is 0.194 e. The van der Waals surface area contributed by atoms with Crippen LogP contribution in [-0.2, 0) is 6.54 Å². The summed E-state index contributed by atoms with van der Waals surface area (Å²) in [5.74, 6) is 1.87. The first kappa shape index (κ1) is 19.1. The number of likely N-dealkylation sites (tertiary alicyclic amines) is 1. The van der Waals surface area contributed by atoms with Crippen molar-refractivity contribution in [3.63, 3.8) is 0 Å². The van der Waals surface area contributed by atoms with Crippen LogP contribution in [0.2, 0.25) is 0 Å². The van der Waals surface area contributed by atoms with Crippen LogP contribution in [0.4, 0.5) is 0 Å². The van der Waals surface area contributed by atoms with E-state index < -0.39 is 0 Å². The highest BCUT2D eigenvalue weighted by atomic mass is 127. The van der Waals surface area contributed by atoms with Gasteiger partial charge < -0.3 is 10.2 Å². The molecule has 0 bridgehead atoms. The van der Waals surface area contributed by atoms with E-state index in [1.54, 1.807) is 6.33 Å². The lowest BCUT2D eigenvalue weighted by atomic mass is 9.68. The molecule has 0 radical (unpaired) electrons. The first-order chi connectivity index (χ1) is 12.3. The molecule has 2 fully saturated rings. The van der Waals surface area contributed by atoms with Crippen molar-refractivity contribution < 1.29 is 0 Å². The van der Waals surface area contributed by atoms with Crippen molar-refractivity contribution in [3.8, 4) is 5.69 Å². The van der Waals surface area contributed by atoms with E-state index in [1.165, 1.54) is 25.7 Å². The smallest absolute Gasteiger partial charge is 0.194 e. The highest BCUT2D eigenvalue weighted by Crippen LogP contribution is 2.47. The summed E-state index contributed by atoms with van der Waals surface area (Å²) >= 11 is 0. The second kappa shape index (κ2) is 8.37. The van der Waals surface area contributed by atoms with Crippen molar-refractivity contribution in [2.75, 3.05) is 19.6 Å². The first-order valence-electron chi connectivity index (χ1n) is 9.27. The summed E-state index contributed by atoms with van der Waals surface area (Å²) in [7, 11) is 0. The Bertz CT molecular complexity index is 737. The zero-order valence-corrected chi connectivity index (χ0v) is 17.6. The van der Waals surface area contributed by atoms with Gasteiger partial charge in [-0.15, -0.1) is 34.2 Å². The average Bonchev–Trinajstić information content (AvgIpc) is 3.26. The summed E-state index contributed by atoms with van der Waals surface area (Å²) in [6.45, 7) is 5.78. The third-order valence-corrected chi connectivity index (χ3v) is 5.51. The summed E-state index contributed by atoms with van der Waals surface area (Å²) in [5, 5.41) is 11.8. The fourth-order valence-electron chi connectivity index (χ4n) is 3.94. The maximum absolute atomic E-state index is 4.86. The molecule has 140 valence electrons. The van der Waals surface area contributed by atoms with Gasteiger partial charge in [-0.3, -0.25) is 4.57 Å². The molecule has 1 saturated heterocycles. The third-order valence-electron chi connectivity index (χ3n) is 5.51. The number of benzene rings is 1. The van der Waals surface area contributed by atoms with Gasteiger partial charge in [0.05, 0.1) is 0 Å². The molecule has 0 unspecified atom stereocenters. The Morgan fingerprint density at radius 3 is 2.69 bits per heavy atom. The Kier molecular flexibility index (Phi) is 6.16. The summed E-state index contributed by atoms with van der Waals surface area (Å²) < 4.78 is 2.00. The molecule has 2 heterocycles. The minimum atomic E-state index is 0. The first-order valence-corrected chi connectivity index (χ1v) is 9.27. The molecule has 26 heavy (non-hydrogen) atoms. The molecule has 1 spiro atoms. The minimum Gasteiger partial charge on any atom is -0.357 e. The fraction of sp³-hybridized carbons (Fsp3) is 0.526. The SMILES string of the molecule is CCNC(=NCc1nncn1-c1ccccc1)N1CCC2(CCC2)C1.I. The van der Waals surface area contributed by atoms with Crippen molar-refractivity contribution >= 4 is 29.9 Å². The van der Waals surface area contributed by atoms with Crippen molar-refractivity contribution in [3.05, 3.63) is 42.5 Å². The lowest BCUT2D eigenvalue weighted by Gasteiger charge is -2.38. The van der Waals surface area contributed by atoms with Crippen LogP contribution in [0.15, 0.2) is 41.7 Å². The Morgan fingerprint density at radius 2 is 2.04 bits per heavy atom. The lowest BCUT2D eigenvalue weighted by molar-refractivity contribution is 0.151. The van der Waals surface area contributed by atoms with E-state index >= 15 is 0 Å². The van der Waals surface area contributed by atoms with Gasteiger partial charge >= 0.3 is 0 Å². The van der Waals surface area contributed by atoms with Gasteiger partial charge in [0.2, 0.25) is 0 Å². The van der Waals surface area contributed by atoms with Crippen LogP contribution in [0.5, 0.6) is 0 Å². The van der Waals surface area contributed by atoms with Gasteiger partial charge in [-0.1, -0.05) is 24.6 Å². The molecule has 2 aliphatic rings. The van der Waals surface area contributed by atoms with Gasteiger partial charge in [0.25, 0.3) is 0 Å². The Hall–Kier alpha value is -1.64. The van der Waals surface area contributed by atoms with Gasteiger partial charge in [-0.05, 0) is 43.7 Å². The van der Waals surface area contributed by atoms with E-state index in [2.05, 4.69) is 39.5 Å². The monoisotopic (exact) mass is 466 g/mol. The van der Waals surface area contributed by atoms with Crippen LogP contribution in [0, 0.1) is 5.41 Å². The van der Waals surface area contributed by atoms with E-state index in [-0.39, 0.29) is 24.0 Å². The number of nitrogens with one attached hydrogen (secondary N) is 1. The fourth-order valence-corrected chi connectivity index (χ4v) is 3.94. The van der Waals surface area contributed by atoms with Crippen LogP contribution in [0.3, 0.4) is 0 Å². The van der Waals surface area contributed by atoms with Crippen LogP contribution < -0.4 is 5.32 Å². The van der Waals surface area contributed by atoms with E-state index in [1.807, 2.05) is 22.8 Å². The molecule has 1 aromatic carbocycles. The van der Waals surface area contributed by atoms with Crippen molar-refractivity contribution in [1.82, 2.24) is 25.0 Å². The maximum atomic E-state index is 4.86. The molecule has 1 saturated carbocycles. The summed E-state index contributed by atoms with van der Waals surface area (Å²) in [4.78, 5) is 7.28. The van der Waals surface area contributed by atoms with E-state index in [4.69, 9.17) is 4.99 Å². The Labute approximate surface area is 172 Å². The molecule has 1 aliphatic heterocycles. The normalized spacial score (nSPS) is 18.5. The van der Waals surface area contributed by atoms with Crippen molar-refractivity contribution in [2.24, 2.45) is 10.4 Å². The number of hydrogen-bond donors (Lipinski definition) is 1. The van der Waals surface area contributed by atoms with E-state index in [0.717, 1.165) is 37.1 Å². The van der Waals surface area contributed by atoms with Crippen LogP contribution in [0.25, 0.3) is 5.69 Å². The number of guanidine groups is 1. The second-order valence-corrected chi connectivity index (χ2v) is 7.15. The average molecular weight is 466 g/mol. The van der Waals surface area contributed by atoms with Crippen molar-refractivity contribution in [2.45, 2.75) is 39.2 Å². The topological polar surface area (TPSA) is 58.3 Å². The number of nitrogens with zero attached hydrogens (tertiary/aromatic N) is 5. The number of hydrogen-bond acceptors (Lipinski definition) is 3. The summed E-state index contributed by atoms with van der Waals surface area (Å²) in [6.07, 6.45) is 7.21. The predicted octanol–water partition coefficient (Wildman–Crippen LogP) is 3.23. The molecule has 7 heteroatoms. The van der Waals surface area contributed by atoms with Gasteiger partial charge in [-0.2, -0.15) is 0 Å². The quantitative estimate of drug-likeness (QED) is 0.427. The van der Waals surface area contributed by atoms with Gasteiger partial charge in [-0.25, -0.2) is 4.99 Å². The third kappa shape index (κ3) is 3.87. The van der Waals surface area contributed by atoms with E-state index in [9.17, 15) is 0 Å². The molecule has 2 aromatic rings. The molecule has 0 atom stereocenters. The lowest BCUT2D eigenvalue weighted by Crippen LogP contribution is -2.42. The van der Waals surface area contributed by atoms with Crippen LogP contribution in [0.1, 0.15) is 38.4 Å². The highest BCUT2D eigenvalue weighted by Gasteiger charge is 2.43. The second-order valence-electron chi connectivity index (χ2n) is 7.15. The molecule has 1 aliphatic carbocycles. The minimum absolute atomic E-state index is 0.